The molecular formula is C15H19NO4S2. The highest BCUT2D eigenvalue weighted by Gasteiger charge is 2.16. The van der Waals surface area contributed by atoms with Gasteiger partial charge in [-0.1, -0.05) is 13.3 Å². The Morgan fingerprint density at radius 3 is 2.50 bits per heavy atom. The molecule has 2 aromatic rings. The summed E-state index contributed by atoms with van der Waals surface area (Å²) in [6.45, 7) is 2.06. The van der Waals surface area contributed by atoms with Gasteiger partial charge in [0.1, 0.15) is 5.75 Å². The Hall–Kier alpha value is -1.60. The number of benzene rings is 1. The van der Waals surface area contributed by atoms with Gasteiger partial charge in [0.05, 0.1) is 18.3 Å². The number of sulfonamides is 1. The van der Waals surface area contributed by atoms with Gasteiger partial charge in [0.15, 0.2) is 5.09 Å². The van der Waals surface area contributed by atoms with Crippen molar-refractivity contribution in [1.29, 1.82) is 0 Å². The first kappa shape index (κ1) is 16.8. The van der Waals surface area contributed by atoms with Gasteiger partial charge < -0.3 is 9.15 Å². The van der Waals surface area contributed by atoms with Crippen LogP contribution in [0.3, 0.4) is 0 Å². The molecule has 0 N–H and O–H groups in total. The highest BCUT2D eigenvalue weighted by Crippen LogP contribution is 2.21. The van der Waals surface area contributed by atoms with Gasteiger partial charge in [-0.15, -0.1) is 3.77 Å². The Kier molecular flexibility index (Phi) is 5.79. The molecule has 1 atom stereocenters. The molecule has 0 saturated carbocycles. The van der Waals surface area contributed by atoms with Crippen molar-refractivity contribution in [3.63, 3.8) is 0 Å². The number of hydrogen-bond donors (Lipinski definition) is 0. The molecule has 0 spiro atoms. The third-order valence-electron chi connectivity index (χ3n) is 2.96. The fourth-order valence-corrected chi connectivity index (χ4v) is 5.29. The van der Waals surface area contributed by atoms with E-state index in [2.05, 4.69) is 10.7 Å². The first-order valence-electron chi connectivity index (χ1n) is 6.93. The maximum atomic E-state index is 12.5. The molecule has 0 aliphatic rings. The fraction of sp³-hybridized carbons (Fsp3) is 0.333. The first-order chi connectivity index (χ1) is 10.6. The van der Waals surface area contributed by atoms with Crippen LogP contribution in [-0.4, -0.2) is 21.3 Å². The normalized spacial score (nSPS) is 13.2. The predicted molar refractivity (Wildman–Crippen MR) is 86.7 cm³/mol. The highest BCUT2D eigenvalue weighted by molar-refractivity contribution is 8.00. The molecule has 0 aliphatic heterocycles. The average Bonchev–Trinajstić information content (AvgIpc) is 3.05. The molecule has 1 aromatic carbocycles. The third kappa shape index (κ3) is 4.20. The lowest BCUT2D eigenvalue weighted by Crippen LogP contribution is -2.03. The van der Waals surface area contributed by atoms with E-state index in [1.165, 1.54) is 25.5 Å². The molecule has 0 radical (unpaired) electrons. The van der Waals surface area contributed by atoms with Gasteiger partial charge in [0.25, 0.3) is 10.0 Å². The van der Waals surface area contributed by atoms with E-state index in [1.807, 2.05) is 0 Å². The second-order valence-electron chi connectivity index (χ2n) is 4.58. The summed E-state index contributed by atoms with van der Waals surface area (Å²) in [6.07, 6.45) is 3.41. The van der Waals surface area contributed by atoms with Crippen molar-refractivity contribution >= 4 is 20.7 Å². The van der Waals surface area contributed by atoms with Crippen LogP contribution in [0.25, 0.3) is 0 Å². The van der Waals surface area contributed by atoms with Gasteiger partial charge >= 0.3 is 0 Å². The van der Waals surface area contributed by atoms with Crippen molar-refractivity contribution in [2.45, 2.75) is 29.8 Å². The summed E-state index contributed by atoms with van der Waals surface area (Å²) in [5.41, 5.74) is 0. The molecule has 0 saturated heterocycles. The summed E-state index contributed by atoms with van der Waals surface area (Å²) in [5.74, 6) is 1.27. The first-order valence-corrected chi connectivity index (χ1v) is 9.72. The van der Waals surface area contributed by atoms with E-state index in [-0.39, 0.29) is 4.90 Å². The molecule has 0 fully saturated rings. The van der Waals surface area contributed by atoms with Gasteiger partial charge in [-0.2, -0.15) is 8.42 Å². The minimum absolute atomic E-state index is 0.161. The summed E-state index contributed by atoms with van der Waals surface area (Å²) in [6, 6.07) is 9.74. The molecule has 5 nitrogen and oxygen atoms in total. The summed E-state index contributed by atoms with van der Waals surface area (Å²) >= 11 is 0. The quantitative estimate of drug-likeness (QED) is 0.771. The minimum atomic E-state index is -3.72. The molecule has 0 bridgehead atoms. The summed E-state index contributed by atoms with van der Waals surface area (Å²) in [4.78, 5) is 0.161. The van der Waals surface area contributed by atoms with Gasteiger partial charge in [-0.3, -0.25) is 0 Å². The zero-order valence-electron chi connectivity index (χ0n) is 12.6. The maximum Gasteiger partial charge on any atom is 0.288 e. The second-order valence-corrected chi connectivity index (χ2v) is 8.14. The van der Waals surface area contributed by atoms with Crippen LogP contribution in [0, 0.1) is 0 Å². The van der Waals surface area contributed by atoms with Gasteiger partial charge in [-0.25, -0.2) is 0 Å². The van der Waals surface area contributed by atoms with Crippen LogP contribution in [0.2, 0.25) is 0 Å². The van der Waals surface area contributed by atoms with Crippen LogP contribution >= 0.6 is 0 Å². The van der Waals surface area contributed by atoms with Crippen molar-refractivity contribution < 1.29 is 17.6 Å². The van der Waals surface area contributed by atoms with E-state index >= 15 is 0 Å². The molecule has 1 aromatic heterocycles. The monoisotopic (exact) mass is 341 g/mol. The lowest BCUT2D eigenvalue weighted by Gasteiger charge is -2.06. The Morgan fingerprint density at radius 2 is 1.95 bits per heavy atom. The average molecular weight is 341 g/mol. The Morgan fingerprint density at radius 1 is 1.23 bits per heavy atom. The second kappa shape index (κ2) is 7.60. The molecule has 0 amide bonds. The zero-order chi connectivity index (χ0) is 16.0. The largest absolute Gasteiger partial charge is 0.497 e. The highest BCUT2D eigenvalue weighted by atomic mass is 32.3. The Labute approximate surface area is 133 Å². The van der Waals surface area contributed by atoms with Crippen LogP contribution < -0.4 is 4.74 Å². The maximum absolute atomic E-state index is 12.5. The van der Waals surface area contributed by atoms with E-state index in [1.54, 1.807) is 24.3 Å². The molecule has 1 heterocycles. The van der Waals surface area contributed by atoms with Crippen molar-refractivity contribution in [3.05, 3.63) is 42.7 Å². The van der Waals surface area contributed by atoms with E-state index in [4.69, 9.17) is 9.15 Å². The predicted octanol–water partition coefficient (Wildman–Crippen LogP) is 3.64. The smallest absolute Gasteiger partial charge is 0.288 e. The van der Waals surface area contributed by atoms with Crippen LogP contribution in [-0.2, 0) is 20.7 Å². The number of ether oxygens (including phenoxy) is 1. The Bertz CT molecular complexity index is 719. The molecule has 1 unspecified atom stereocenters. The van der Waals surface area contributed by atoms with Crippen molar-refractivity contribution in [3.8, 4) is 5.75 Å². The van der Waals surface area contributed by atoms with E-state index < -0.39 is 20.7 Å². The summed E-state index contributed by atoms with van der Waals surface area (Å²) < 4.78 is 39.4. The standard InChI is InChI=1S/C15H19NO4S2/c1-3-4-12-21(15-6-5-11-20-15)16-22(17,18)14-9-7-13(19-2)8-10-14/h5-11H,3-4,12H2,1-2H3. The SMILES string of the molecule is CCCC/S(=N/S(=O)(=O)c1ccc(OC)cc1)c1ccco1. The minimum Gasteiger partial charge on any atom is -0.497 e. The zero-order valence-corrected chi connectivity index (χ0v) is 14.2. The van der Waals surface area contributed by atoms with Crippen LogP contribution in [0.4, 0.5) is 0 Å². The van der Waals surface area contributed by atoms with Crippen LogP contribution in [0.1, 0.15) is 19.8 Å². The van der Waals surface area contributed by atoms with Gasteiger partial charge in [0, 0.05) is 5.75 Å². The van der Waals surface area contributed by atoms with Crippen molar-refractivity contribution in [2.75, 3.05) is 12.9 Å². The van der Waals surface area contributed by atoms with E-state index in [9.17, 15) is 8.42 Å². The number of furan rings is 1. The fourth-order valence-electron chi connectivity index (χ4n) is 1.76. The Balaban J connectivity index is 2.35. The van der Waals surface area contributed by atoms with Crippen molar-refractivity contribution in [2.24, 2.45) is 3.77 Å². The van der Waals surface area contributed by atoms with Crippen molar-refractivity contribution in [1.82, 2.24) is 0 Å². The third-order valence-corrected chi connectivity index (χ3v) is 6.71. The number of hydrogen-bond acceptors (Lipinski definition) is 4. The molecule has 120 valence electrons. The lowest BCUT2D eigenvalue weighted by molar-refractivity contribution is 0.414. The number of methoxy groups -OCH3 is 1. The lowest BCUT2D eigenvalue weighted by atomic mass is 10.3. The van der Waals surface area contributed by atoms with E-state index in [0.29, 0.717) is 16.6 Å². The number of unbranched alkanes of at least 4 members (excludes halogenated alkanes) is 1. The summed E-state index contributed by atoms with van der Waals surface area (Å²) in [7, 11) is -2.98. The number of rotatable bonds is 7. The summed E-state index contributed by atoms with van der Waals surface area (Å²) in [5, 5.41) is 0.602. The topological polar surface area (TPSA) is 68.9 Å². The van der Waals surface area contributed by atoms with E-state index in [0.717, 1.165) is 12.8 Å². The molecule has 7 heteroatoms. The molecule has 22 heavy (non-hydrogen) atoms. The molecular weight excluding hydrogens is 322 g/mol. The van der Waals surface area contributed by atoms with Crippen LogP contribution in [0.5, 0.6) is 5.75 Å². The molecule has 2 rings (SSSR count). The van der Waals surface area contributed by atoms with Crippen LogP contribution in [0.15, 0.2) is 60.8 Å². The van der Waals surface area contributed by atoms with Gasteiger partial charge in [-0.05, 0) is 53.5 Å². The van der Waals surface area contributed by atoms with Gasteiger partial charge in [0.2, 0.25) is 0 Å². The molecule has 0 aliphatic carbocycles. The number of nitrogens with zero attached hydrogens (tertiary/aromatic N) is 1.